The van der Waals surface area contributed by atoms with Gasteiger partial charge in [0.15, 0.2) is 0 Å². The predicted octanol–water partition coefficient (Wildman–Crippen LogP) is 8.49. The number of unbranched alkanes of at least 4 members (excludes halogenated alkanes) is 9. The Balaban J connectivity index is 1.84. The Hall–Kier alpha value is -2.36. The molecule has 0 fully saturated rings. The SMILES string of the molecule is CCCCCCCc1cc(CCCCCCC)c(O)c(-n2nc3ccc(CCCC)cc3n2)c1. The van der Waals surface area contributed by atoms with E-state index in [9.17, 15) is 5.11 Å². The molecule has 4 heteroatoms. The summed E-state index contributed by atoms with van der Waals surface area (Å²) >= 11 is 0. The minimum absolute atomic E-state index is 0.344. The minimum atomic E-state index is 0.344. The largest absolute Gasteiger partial charge is 0.505 e. The molecule has 0 aliphatic rings. The number of phenols is 1. The summed E-state index contributed by atoms with van der Waals surface area (Å²) in [5.41, 5.74) is 6.14. The number of hydrogen-bond donors (Lipinski definition) is 1. The first-order chi connectivity index (χ1) is 16.7. The van der Waals surface area contributed by atoms with Crippen molar-refractivity contribution >= 4 is 11.0 Å². The van der Waals surface area contributed by atoms with Crippen LogP contribution in [0.2, 0.25) is 0 Å². The number of aromatic nitrogens is 3. The van der Waals surface area contributed by atoms with Crippen molar-refractivity contribution in [3.05, 3.63) is 47.0 Å². The van der Waals surface area contributed by atoms with Crippen molar-refractivity contribution in [2.45, 2.75) is 117 Å². The summed E-state index contributed by atoms with van der Waals surface area (Å²) < 4.78 is 0. The van der Waals surface area contributed by atoms with E-state index in [-0.39, 0.29) is 0 Å². The van der Waals surface area contributed by atoms with Gasteiger partial charge in [0.1, 0.15) is 22.5 Å². The van der Waals surface area contributed by atoms with Crippen LogP contribution in [0.4, 0.5) is 0 Å². The zero-order valence-electron chi connectivity index (χ0n) is 21.8. The number of hydrogen-bond acceptors (Lipinski definition) is 3. The molecule has 0 radical (unpaired) electrons. The topological polar surface area (TPSA) is 50.9 Å². The summed E-state index contributed by atoms with van der Waals surface area (Å²) in [6.45, 7) is 6.72. The summed E-state index contributed by atoms with van der Waals surface area (Å²) in [6.07, 6.45) is 17.9. The maximum Gasteiger partial charge on any atom is 0.146 e. The average Bonchev–Trinajstić information content (AvgIpc) is 3.27. The summed E-state index contributed by atoms with van der Waals surface area (Å²) in [5.74, 6) is 0.344. The van der Waals surface area contributed by atoms with Crippen LogP contribution in [0.1, 0.15) is 115 Å². The van der Waals surface area contributed by atoms with Gasteiger partial charge in [0.2, 0.25) is 0 Å². The first kappa shape index (κ1) is 26.2. The number of phenolic OH excluding ortho intramolecular Hbond substituents is 1. The molecular weight excluding hydrogens is 418 g/mol. The van der Waals surface area contributed by atoms with E-state index in [1.54, 1.807) is 4.80 Å². The van der Waals surface area contributed by atoms with E-state index in [2.05, 4.69) is 51.1 Å². The molecule has 1 heterocycles. The van der Waals surface area contributed by atoms with Crippen LogP contribution in [0.5, 0.6) is 5.75 Å². The highest BCUT2D eigenvalue weighted by Crippen LogP contribution is 2.30. The maximum absolute atomic E-state index is 11.2. The van der Waals surface area contributed by atoms with E-state index in [4.69, 9.17) is 10.2 Å². The number of fused-ring (bicyclic) bond motifs is 1. The van der Waals surface area contributed by atoms with Crippen molar-refractivity contribution in [3.8, 4) is 11.4 Å². The number of benzene rings is 2. The number of nitrogens with zero attached hydrogens (tertiary/aromatic N) is 3. The predicted molar refractivity (Wildman–Crippen MR) is 144 cm³/mol. The molecule has 4 nitrogen and oxygen atoms in total. The molecule has 3 aromatic rings. The van der Waals surface area contributed by atoms with Crippen molar-refractivity contribution in [3.63, 3.8) is 0 Å². The summed E-state index contributed by atoms with van der Waals surface area (Å²) in [4.78, 5) is 1.66. The molecule has 34 heavy (non-hydrogen) atoms. The molecule has 1 N–H and O–H groups in total. The van der Waals surface area contributed by atoms with Gasteiger partial charge in [-0.1, -0.05) is 90.7 Å². The number of aryl methyl sites for hydroxylation is 3. The first-order valence-corrected chi connectivity index (χ1v) is 13.9. The van der Waals surface area contributed by atoms with Crippen LogP contribution in [0.15, 0.2) is 30.3 Å². The van der Waals surface area contributed by atoms with E-state index in [1.165, 1.54) is 81.8 Å². The Labute approximate surface area is 206 Å². The van der Waals surface area contributed by atoms with Crippen LogP contribution in [0.3, 0.4) is 0 Å². The van der Waals surface area contributed by atoms with Crippen LogP contribution in [0.25, 0.3) is 16.7 Å². The molecule has 0 spiro atoms. The second-order valence-corrected chi connectivity index (χ2v) is 9.87. The van der Waals surface area contributed by atoms with Crippen molar-refractivity contribution in [1.82, 2.24) is 15.0 Å². The third kappa shape index (κ3) is 7.58. The zero-order chi connectivity index (χ0) is 24.2. The molecule has 0 aliphatic heterocycles. The van der Waals surface area contributed by atoms with E-state index in [1.807, 2.05) is 0 Å². The van der Waals surface area contributed by atoms with Gasteiger partial charge in [0.25, 0.3) is 0 Å². The molecule has 0 amide bonds. The van der Waals surface area contributed by atoms with Gasteiger partial charge < -0.3 is 5.11 Å². The lowest BCUT2D eigenvalue weighted by Gasteiger charge is -2.13. The summed E-state index contributed by atoms with van der Waals surface area (Å²) in [5, 5.41) is 20.7. The fraction of sp³-hybridized carbons (Fsp3) is 0.600. The van der Waals surface area contributed by atoms with Gasteiger partial charge in [0.05, 0.1) is 0 Å². The van der Waals surface area contributed by atoms with E-state index < -0.39 is 0 Å². The van der Waals surface area contributed by atoms with Crippen LogP contribution in [-0.2, 0) is 19.3 Å². The van der Waals surface area contributed by atoms with Gasteiger partial charge in [-0.2, -0.15) is 0 Å². The van der Waals surface area contributed by atoms with E-state index in [0.29, 0.717) is 5.75 Å². The molecule has 186 valence electrons. The summed E-state index contributed by atoms with van der Waals surface area (Å²) in [7, 11) is 0. The molecule has 0 bridgehead atoms. The molecule has 0 saturated carbocycles. The minimum Gasteiger partial charge on any atom is -0.505 e. The van der Waals surface area contributed by atoms with Crippen molar-refractivity contribution in [1.29, 1.82) is 0 Å². The quantitative estimate of drug-likeness (QED) is 0.217. The lowest BCUT2D eigenvalue weighted by molar-refractivity contribution is 0.458. The highest BCUT2D eigenvalue weighted by atomic mass is 16.3. The van der Waals surface area contributed by atoms with Gasteiger partial charge in [-0.25, -0.2) is 0 Å². The molecule has 0 unspecified atom stereocenters. The molecule has 0 saturated heterocycles. The van der Waals surface area contributed by atoms with Gasteiger partial charge in [-0.05, 0) is 73.4 Å². The molecule has 2 aromatic carbocycles. The number of rotatable bonds is 16. The second kappa shape index (κ2) is 14.1. The van der Waals surface area contributed by atoms with Gasteiger partial charge in [-0.15, -0.1) is 15.0 Å². The molecular formula is C30H45N3O. The van der Waals surface area contributed by atoms with Gasteiger partial charge >= 0.3 is 0 Å². The van der Waals surface area contributed by atoms with Gasteiger partial charge in [-0.3, -0.25) is 0 Å². The van der Waals surface area contributed by atoms with Crippen LogP contribution in [0, 0.1) is 0 Å². The molecule has 0 aliphatic carbocycles. The van der Waals surface area contributed by atoms with Crippen LogP contribution < -0.4 is 0 Å². The third-order valence-electron chi connectivity index (χ3n) is 6.83. The highest BCUT2D eigenvalue weighted by Gasteiger charge is 2.15. The lowest BCUT2D eigenvalue weighted by atomic mass is 9.98. The zero-order valence-corrected chi connectivity index (χ0v) is 21.8. The fourth-order valence-electron chi connectivity index (χ4n) is 4.69. The second-order valence-electron chi connectivity index (χ2n) is 9.87. The maximum atomic E-state index is 11.2. The first-order valence-electron chi connectivity index (χ1n) is 13.9. The summed E-state index contributed by atoms with van der Waals surface area (Å²) in [6, 6.07) is 10.7. The fourth-order valence-corrected chi connectivity index (χ4v) is 4.69. The average molecular weight is 464 g/mol. The Morgan fingerprint density at radius 2 is 1.24 bits per heavy atom. The van der Waals surface area contributed by atoms with Crippen molar-refractivity contribution < 1.29 is 5.11 Å². The standard InChI is InChI=1S/C30H45N3O/c1-4-7-10-12-14-17-25-21-26(18-15-13-11-8-5-2)30(34)29(23-25)33-31-27-20-19-24(16-9-6-3)22-28(27)32-33/h19-23,34H,4-18H2,1-3H3. The Bertz CT molecular complexity index is 1010. The highest BCUT2D eigenvalue weighted by molar-refractivity contribution is 5.75. The van der Waals surface area contributed by atoms with E-state index >= 15 is 0 Å². The lowest BCUT2D eigenvalue weighted by Crippen LogP contribution is -2.03. The molecule has 0 atom stereocenters. The normalized spacial score (nSPS) is 11.5. The number of aromatic hydroxyl groups is 1. The van der Waals surface area contributed by atoms with Crippen molar-refractivity contribution in [2.75, 3.05) is 0 Å². The van der Waals surface area contributed by atoms with Crippen LogP contribution in [-0.4, -0.2) is 20.1 Å². The van der Waals surface area contributed by atoms with Crippen LogP contribution >= 0.6 is 0 Å². The molecule has 3 rings (SSSR count). The van der Waals surface area contributed by atoms with Gasteiger partial charge in [0, 0.05) is 0 Å². The van der Waals surface area contributed by atoms with Crippen molar-refractivity contribution in [2.24, 2.45) is 0 Å². The van der Waals surface area contributed by atoms with E-state index in [0.717, 1.165) is 48.0 Å². The Morgan fingerprint density at radius 1 is 0.618 bits per heavy atom. The third-order valence-corrected chi connectivity index (χ3v) is 6.83. The smallest absolute Gasteiger partial charge is 0.146 e. The molecule has 1 aromatic heterocycles. The monoisotopic (exact) mass is 463 g/mol. The Kier molecular flexibility index (Phi) is 10.9. The Morgan fingerprint density at radius 3 is 1.94 bits per heavy atom.